The lowest BCUT2D eigenvalue weighted by Crippen LogP contribution is -2.71. The van der Waals surface area contributed by atoms with Crippen LogP contribution in [0.25, 0.3) is 0 Å². The highest BCUT2D eigenvalue weighted by Crippen LogP contribution is 2.42. The molecule has 452 valence electrons. The fourth-order valence-electron chi connectivity index (χ4n) is 9.68. The average Bonchev–Trinajstić information content (AvgIpc) is 3.27. The molecule has 0 spiro atoms. The number of carbonyl (C=O) groups is 5. The summed E-state index contributed by atoms with van der Waals surface area (Å²) < 4.78 is 75.8. The molecule has 1 aromatic rings. The highest BCUT2D eigenvalue weighted by atomic mass is 32.2. The van der Waals surface area contributed by atoms with Gasteiger partial charge in [0, 0.05) is 26.6 Å². The summed E-state index contributed by atoms with van der Waals surface area (Å²) in [5, 5.41) is 68.0. The fraction of sp³-hybridized carbons (Fsp3) is 0.750. The third-order valence-corrected chi connectivity index (χ3v) is 14.9. The van der Waals surface area contributed by atoms with E-state index in [-0.39, 0.29) is 31.4 Å². The lowest BCUT2D eigenvalue weighted by molar-refractivity contribution is -0.387. The first-order valence-electron chi connectivity index (χ1n) is 26.3. The van der Waals surface area contributed by atoms with Crippen LogP contribution >= 0.6 is 0 Å². The normalized spacial score (nSPS) is 30.3. The molecular formula is C52H82N6O21S. The van der Waals surface area contributed by atoms with Crippen molar-refractivity contribution in [3.05, 3.63) is 46.2 Å². The van der Waals surface area contributed by atoms with E-state index in [0.29, 0.717) is 0 Å². The Morgan fingerprint density at radius 2 is 1.27 bits per heavy atom. The van der Waals surface area contributed by atoms with Crippen LogP contribution in [0.5, 0.6) is 0 Å². The molecule has 1 saturated heterocycles. The number of aliphatic hydroxyl groups excluding tert-OH is 2. The van der Waals surface area contributed by atoms with Crippen molar-refractivity contribution in [3.8, 4) is 0 Å². The first-order valence-corrected chi connectivity index (χ1v) is 27.7. The number of benzene rings is 1. The molecule has 27 nitrogen and oxygen atoms in total. The number of para-hydroxylation sites is 1. The summed E-state index contributed by atoms with van der Waals surface area (Å²) in [7, 11) is -2.16. The molecule has 2 saturated carbocycles. The summed E-state index contributed by atoms with van der Waals surface area (Å²) in [6, 6.07) is -0.824. The van der Waals surface area contributed by atoms with Gasteiger partial charge >= 0.3 is 24.2 Å². The zero-order valence-corrected chi connectivity index (χ0v) is 49.0. The van der Waals surface area contributed by atoms with Crippen LogP contribution in [0.2, 0.25) is 0 Å². The number of aliphatic hydroxyl groups is 4. The van der Waals surface area contributed by atoms with Crippen LogP contribution in [0.3, 0.4) is 0 Å². The van der Waals surface area contributed by atoms with Crippen molar-refractivity contribution in [1.29, 1.82) is 0 Å². The van der Waals surface area contributed by atoms with E-state index in [4.69, 9.17) is 37.9 Å². The van der Waals surface area contributed by atoms with Crippen molar-refractivity contribution in [1.82, 2.24) is 25.2 Å². The predicted molar refractivity (Wildman–Crippen MR) is 281 cm³/mol. The molecule has 0 unspecified atom stereocenters. The molecule has 2 heterocycles. The van der Waals surface area contributed by atoms with Crippen LogP contribution in [0.1, 0.15) is 122 Å². The number of nitrogens with one attached hydrogen (secondary N) is 3. The summed E-state index contributed by atoms with van der Waals surface area (Å²) in [6.07, 6.45) is -13.5. The van der Waals surface area contributed by atoms with Gasteiger partial charge in [-0.2, -0.15) is 4.31 Å². The Kier molecular flexibility index (Phi) is 20.1. The highest BCUT2D eigenvalue weighted by molar-refractivity contribution is 7.89. The largest absolute Gasteiger partial charge is 0.466 e. The standard InChI is InChI=1S/C52H82N6O21S/c1-47(2,3)76-35(59)22-28-24-52(67,25-28)43(62)53-31-23-32(55-45(64)78-49(7,8)9)39(36(60)38(31)75-42-37(61)40(51(13,66)27-72-42)57(15)46(65)79-50(10,11)12)74-41-30(54-44(63)77-48(4,5)6)21-20-29(73-41)26-56(14)80(70,71)34-19-17-16-18-33(34)58(68)69/h16-20,28,30-32,36-42,60-61,66-67H,21-27H2,1-15H3,(H,53,62)(H,54,63)(H,55,64)/t28?,30-,31-,32+,36-,37-,38+,39-,40-,41-,42-,51+,52?/m1/s1. The Balaban J connectivity index is 1.56. The number of nitrogens with zero attached hydrogens (tertiary/aromatic N) is 3. The van der Waals surface area contributed by atoms with Gasteiger partial charge in [-0.15, -0.1) is 0 Å². The van der Waals surface area contributed by atoms with E-state index in [1.165, 1.54) is 32.2 Å². The number of ether oxygens (including phenoxy) is 8. The van der Waals surface area contributed by atoms with Crippen LogP contribution in [-0.4, -0.2) is 195 Å². The van der Waals surface area contributed by atoms with Crippen molar-refractivity contribution >= 4 is 45.9 Å². The Labute approximate surface area is 466 Å². The van der Waals surface area contributed by atoms with Gasteiger partial charge in [0.25, 0.3) is 11.6 Å². The van der Waals surface area contributed by atoms with Crippen molar-refractivity contribution < 1.29 is 95.6 Å². The zero-order valence-electron chi connectivity index (χ0n) is 48.2. The second-order valence-corrected chi connectivity index (χ2v) is 27.1. The summed E-state index contributed by atoms with van der Waals surface area (Å²) in [6.45, 7) is 19.7. The minimum absolute atomic E-state index is 0.0913. The SMILES string of the molecule is CN(C(=O)OC(C)(C)C)[C@@H]1[C@@H](O)[C@@H](O[C@@H]2[C@@H](O)[C@H](O[C@H]3OC(CN(C)S(=O)(=O)c4ccccc4[N+](=O)[O-])=CC[C@H]3NC(=O)OC(C)(C)C)[C@@H](NC(=O)OC(C)(C)C)C[C@H]2NC(=O)C2(O)CC(CC(=O)OC(C)(C)C)C2)OC[C@]1(C)O. The summed E-state index contributed by atoms with van der Waals surface area (Å²) in [5.74, 6) is -2.07. The van der Waals surface area contributed by atoms with Gasteiger partial charge in [-0.1, -0.05) is 12.1 Å². The topological polar surface area (TPSA) is 360 Å². The lowest BCUT2D eigenvalue weighted by Gasteiger charge is -2.51. The number of esters is 1. The number of nitro benzene ring substituents is 1. The monoisotopic (exact) mass is 1160 g/mol. The van der Waals surface area contributed by atoms with Crippen LogP contribution in [-0.2, 0) is 57.5 Å². The molecule has 4 aliphatic rings. The lowest BCUT2D eigenvalue weighted by atomic mass is 9.68. The second kappa shape index (κ2) is 24.6. The molecule has 0 radical (unpaired) electrons. The number of carbonyl (C=O) groups excluding carboxylic acids is 5. The van der Waals surface area contributed by atoms with Crippen LogP contribution < -0.4 is 16.0 Å². The second-order valence-electron chi connectivity index (χ2n) is 25.1. The molecule has 5 rings (SSSR count). The maximum atomic E-state index is 14.3. The van der Waals surface area contributed by atoms with Crippen LogP contribution in [0, 0.1) is 16.0 Å². The fourth-order valence-corrected chi connectivity index (χ4v) is 11.0. The molecule has 0 aromatic heterocycles. The van der Waals surface area contributed by atoms with Gasteiger partial charge in [-0.05, 0) is 134 Å². The van der Waals surface area contributed by atoms with Gasteiger partial charge in [0.1, 0.15) is 63.8 Å². The average molecular weight is 1160 g/mol. The number of likely N-dealkylation sites (N-methyl/N-ethyl adjacent to an activating group) is 2. The molecule has 4 amide bonds. The van der Waals surface area contributed by atoms with E-state index < -0.39 is 176 Å². The van der Waals surface area contributed by atoms with Gasteiger partial charge in [-0.25, -0.2) is 22.8 Å². The third-order valence-electron chi connectivity index (χ3n) is 13.0. The number of alkyl carbamates (subject to hydrolysis) is 2. The number of hydrogen-bond donors (Lipinski definition) is 7. The third kappa shape index (κ3) is 17.3. The van der Waals surface area contributed by atoms with Gasteiger partial charge in [-0.3, -0.25) is 19.7 Å². The van der Waals surface area contributed by atoms with E-state index in [2.05, 4.69) is 16.0 Å². The highest BCUT2D eigenvalue weighted by Gasteiger charge is 2.57. The summed E-state index contributed by atoms with van der Waals surface area (Å²) in [5.41, 5.74) is -8.57. The summed E-state index contributed by atoms with van der Waals surface area (Å²) >= 11 is 0. The Hall–Kier alpha value is -5.46. The molecule has 28 heteroatoms. The first-order chi connectivity index (χ1) is 36.5. The molecule has 80 heavy (non-hydrogen) atoms. The number of amides is 4. The predicted octanol–water partition coefficient (Wildman–Crippen LogP) is 3.23. The minimum atomic E-state index is -4.58. The molecule has 0 bridgehead atoms. The van der Waals surface area contributed by atoms with E-state index >= 15 is 0 Å². The summed E-state index contributed by atoms with van der Waals surface area (Å²) in [4.78, 5) is 79.0. The molecular weight excluding hydrogens is 1080 g/mol. The van der Waals surface area contributed by atoms with E-state index in [9.17, 15) is 62.9 Å². The van der Waals surface area contributed by atoms with Crippen molar-refractivity contribution in [2.24, 2.45) is 5.92 Å². The smallest absolute Gasteiger partial charge is 0.410 e. The quantitative estimate of drug-likeness (QED) is 0.0540. The van der Waals surface area contributed by atoms with Crippen LogP contribution in [0.4, 0.5) is 20.1 Å². The first kappa shape index (κ1) is 65.4. The molecule has 7 N–H and O–H groups in total. The van der Waals surface area contributed by atoms with Gasteiger partial charge in [0.15, 0.2) is 11.2 Å². The number of nitro groups is 1. The molecule has 11 atom stereocenters. The molecule has 3 fully saturated rings. The number of sulfonamides is 1. The van der Waals surface area contributed by atoms with E-state index in [1.54, 1.807) is 83.1 Å². The zero-order chi connectivity index (χ0) is 60.5. The Morgan fingerprint density at radius 3 is 1.81 bits per heavy atom. The van der Waals surface area contributed by atoms with Crippen molar-refractivity contribution in [2.75, 3.05) is 27.2 Å². The van der Waals surface area contributed by atoms with Gasteiger partial charge in [0.2, 0.25) is 16.3 Å². The van der Waals surface area contributed by atoms with E-state index in [1.807, 2.05) is 0 Å². The Morgan fingerprint density at radius 1 is 0.762 bits per heavy atom. The molecule has 2 aliphatic carbocycles. The van der Waals surface area contributed by atoms with E-state index in [0.717, 1.165) is 28.4 Å². The van der Waals surface area contributed by atoms with Gasteiger partial charge < -0.3 is 79.2 Å². The Bertz CT molecular complexity index is 2570. The number of hydrogen-bond acceptors (Lipinski definition) is 21. The minimum Gasteiger partial charge on any atom is -0.466 e. The van der Waals surface area contributed by atoms with Crippen LogP contribution in [0.15, 0.2) is 41.0 Å². The molecule has 1 aromatic carbocycles. The maximum Gasteiger partial charge on any atom is 0.410 e. The van der Waals surface area contributed by atoms with Gasteiger partial charge in [0.05, 0.1) is 42.2 Å². The van der Waals surface area contributed by atoms with Crippen molar-refractivity contribution in [2.45, 2.75) is 222 Å². The van der Waals surface area contributed by atoms with Crippen molar-refractivity contribution in [3.63, 3.8) is 0 Å². The maximum absolute atomic E-state index is 14.3. The molecule has 2 aliphatic heterocycles. The number of rotatable bonds is 16.